The summed E-state index contributed by atoms with van der Waals surface area (Å²) in [4.78, 5) is 38.2. The summed E-state index contributed by atoms with van der Waals surface area (Å²) in [5.74, 6) is 0.675. The Bertz CT molecular complexity index is 916. The first-order valence-electron chi connectivity index (χ1n) is 11.0. The number of piperidine rings is 1. The fourth-order valence-electron chi connectivity index (χ4n) is 3.64. The van der Waals surface area contributed by atoms with E-state index in [0.29, 0.717) is 43.3 Å². The highest BCUT2D eigenvalue weighted by molar-refractivity contribution is 5.94. The molecule has 7 nitrogen and oxygen atoms in total. The second kappa shape index (κ2) is 11.3. The lowest BCUT2D eigenvalue weighted by molar-refractivity contribution is -0.120. The molecule has 0 atom stereocenters. The van der Waals surface area contributed by atoms with Crippen LogP contribution in [0, 0.1) is 12.8 Å². The molecule has 0 bridgehead atoms. The third kappa shape index (κ3) is 6.83. The van der Waals surface area contributed by atoms with Crippen LogP contribution in [0.3, 0.4) is 0 Å². The highest BCUT2D eigenvalue weighted by Gasteiger charge is 2.24. The molecule has 0 saturated carbocycles. The highest BCUT2D eigenvalue weighted by atomic mass is 16.7. The van der Waals surface area contributed by atoms with Gasteiger partial charge in [-0.15, -0.1) is 0 Å². The minimum Gasteiger partial charge on any atom is -0.434 e. The number of hydrogen-bond acceptors (Lipinski definition) is 5. The average molecular weight is 439 g/mol. The Morgan fingerprint density at radius 2 is 1.66 bits per heavy atom. The minimum atomic E-state index is -0.764. The summed E-state index contributed by atoms with van der Waals surface area (Å²) in [7, 11) is 0. The molecule has 1 fully saturated rings. The van der Waals surface area contributed by atoms with Crippen LogP contribution in [0.25, 0.3) is 0 Å². The molecule has 3 rings (SSSR count). The Hall–Kier alpha value is -3.35. The molecule has 0 unspecified atom stereocenters. The summed E-state index contributed by atoms with van der Waals surface area (Å²) in [6.45, 7) is 5.90. The van der Waals surface area contributed by atoms with Gasteiger partial charge in [0, 0.05) is 25.2 Å². The monoisotopic (exact) mass is 438 g/mol. The number of aryl methyl sites for hydroxylation is 1. The zero-order valence-corrected chi connectivity index (χ0v) is 18.6. The van der Waals surface area contributed by atoms with E-state index < -0.39 is 6.16 Å². The Labute approximate surface area is 188 Å². The van der Waals surface area contributed by atoms with Crippen molar-refractivity contribution < 1.29 is 23.9 Å². The van der Waals surface area contributed by atoms with Crippen LogP contribution in [0.5, 0.6) is 5.75 Å². The summed E-state index contributed by atoms with van der Waals surface area (Å²) in [5.41, 5.74) is 2.73. The number of nitrogens with one attached hydrogen (secondary N) is 1. The molecule has 1 heterocycles. The van der Waals surface area contributed by atoms with E-state index in [1.807, 2.05) is 36.1 Å². The van der Waals surface area contributed by atoms with E-state index in [1.165, 1.54) is 5.56 Å². The fourth-order valence-corrected chi connectivity index (χ4v) is 3.64. The molecule has 0 aromatic heterocycles. The van der Waals surface area contributed by atoms with Crippen molar-refractivity contribution in [2.75, 3.05) is 26.2 Å². The fraction of sp³-hybridized carbons (Fsp3) is 0.400. The summed E-state index contributed by atoms with van der Waals surface area (Å²) in [5, 5.41) is 3.03. The van der Waals surface area contributed by atoms with Gasteiger partial charge >= 0.3 is 6.16 Å². The van der Waals surface area contributed by atoms with Gasteiger partial charge in [0.2, 0.25) is 5.91 Å². The van der Waals surface area contributed by atoms with Crippen LogP contribution in [-0.4, -0.2) is 49.1 Å². The van der Waals surface area contributed by atoms with Gasteiger partial charge < -0.3 is 19.7 Å². The number of amides is 2. The minimum absolute atomic E-state index is 0.0255. The average Bonchev–Trinajstić information content (AvgIpc) is 2.80. The molecule has 0 aliphatic carbocycles. The number of benzene rings is 2. The maximum absolute atomic E-state index is 12.8. The van der Waals surface area contributed by atoms with Crippen molar-refractivity contribution in [2.45, 2.75) is 33.1 Å². The highest BCUT2D eigenvalue weighted by Crippen LogP contribution is 2.20. The number of hydrogen-bond donors (Lipinski definition) is 1. The van der Waals surface area contributed by atoms with Crippen LogP contribution in [0.4, 0.5) is 4.79 Å². The van der Waals surface area contributed by atoms with Crippen LogP contribution in [0.15, 0.2) is 48.5 Å². The zero-order chi connectivity index (χ0) is 22.9. The topological polar surface area (TPSA) is 84.9 Å². The van der Waals surface area contributed by atoms with E-state index in [0.717, 1.165) is 18.4 Å². The third-order valence-corrected chi connectivity index (χ3v) is 5.54. The molecule has 2 aromatic carbocycles. The van der Waals surface area contributed by atoms with Crippen LogP contribution in [0.2, 0.25) is 0 Å². The van der Waals surface area contributed by atoms with Crippen molar-refractivity contribution in [3.8, 4) is 5.75 Å². The Kier molecular flexibility index (Phi) is 8.25. The molecule has 170 valence electrons. The molecule has 2 amide bonds. The maximum atomic E-state index is 12.8. The molecule has 1 saturated heterocycles. The molecule has 0 radical (unpaired) electrons. The standard InChI is InChI=1S/C25H30N2O5/c1-3-31-25(30)32-22-10-8-21(9-11-22)24(29)27-14-12-20(13-15-27)17-26-23(28)16-19-6-4-18(2)5-7-19/h4-11,20H,3,12-17H2,1-2H3,(H,26,28). The first kappa shape index (κ1) is 23.3. The number of nitrogens with zero attached hydrogens (tertiary/aromatic N) is 1. The van der Waals surface area contributed by atoms with Crippen molar-refractivity contribution in [1.29, 1.82) is 0 Å². The summed E-state index contributed by atoms with van der Waals surface area (Å²) in [6.07, 6.45) is 1.31. The van der Waals surface area contributed by atoms with Crippen molar-refractivity contribution in [1.82, 2.24) is 10.2 Å². The first-order chi connectivity index (χ1) is 15.4. The molecule has 32 heavy (non-hydrogen) atoms. The van der Waals surface area contributed by atoms with Gasteiger partial charge in [0.25, 0.3) is 5.91 Å². The van der Waals surface area contributed by atoms with Gasteiger partial charge in [-0.2, -0.15) is 0 Å². The van der Waals surface area contributed by atoms with Gasteiger partial charge in [0.15, 0.2) is 0 Å². The molecular weight excluding hydrogens is 408 g/mol. The number of ether oxygens (including phenoxy) is 2. The van der Waals surface area contributed by atoms with Crippen molar-refractivity contribution in [3.63, 3.8) is 0 Å². The number of carbonyl (C=O) groups is 3. The SMILES string of the molecule is CCOC(=O)Oc1ccc(C(=O)N2CCC(CNC(=O)Cc3ccc(C)cc3)CC2)cc1. The summed E-state index contributed by atoms with van der Waals surface area (Å²) in [6, 6.07) is 14.4. The predicted molar refractivity (Wildman–Crippen MR) is 121 cm³/mol. The molecule has 2 aromatic rings. The second-order valence-electron chi connectivity index (χ2n) is 8.01. The second-order valence-corrected chi connectivity index (χ2v) is 8.01. The quantitative estimate of drug-likeness (QED) is 0.526. The smallest absolute Gasteiger partial charge is 0.434 e. The van der Waals surface area contributed by atoms with E-state index >= 15 is 0 Å². The maximum Gasteiger partial charge on any atom is 0.513 e. The molecule has 1 N–H and O–H groups in total. The van der Waals surface area contributed by atoms with Crippen molar-refractivity contribution in [3.05, 3.63) is 65.2 Å². The largest absolute Gasteiger partial charge is 0.513 e. The Balaban J connectivity index is 1.40. The van der Waals surface area contributed by atoms with Crippen LogP contribution in [-0.2, 0) is 16.0 Å². The van der Waals surface area contributed by atoms with Crippen molar-refractivity contribution in [2.24, 2.45) is 5.92 Å². The van der Waals surface area contributed by atoms with Crippen LogP contribution >= 0.6 is 0 Å². The van der Waals surface area contributed by atoms with Gasteiger partial charge in [0.1, 0.15) is 5.75 Å². The lowest BCUT2D eigenvalue weighted by Crippen LogP contribution is -2.41. The van der Waals surface area contributed by atoms with Crippen LogP contribution < -0.4 is 10.1 Å². The van der Waals surface area contributed by atoms with E-state index in [1.54, 1.807) is 31.2 Å². The van der Waals surface area contributed by atoms with Gasteiger partial charge in [-0.3, -0.25) is 9.59 Å². The number of carbonyl (C=O) groups excluding carboxylic acids is 3. The molecular formula is C25H30N2O5. The normalized spacial score (nSPS) is 14.0. The predicted octanol–water partition coefficient (Wildman–Crippen LogP) is 3.74. The van der Waals surface area contributed by atoms with E-state index in [4.69, 9.17) is 9.47 Å². The van der Waals surface area contributed by atoms with Crippen LogP contribution in [0.1, 0.15) is 41.3 Å². The van der Waals surface area contributed by atoms with Gasteiger partial charge in [-0.25, -0.2) is 4.79 Å². The lowest BCUT2D eigenvalue weighted by Gasteiger charge is -2.32. The third-order valence-electron chi connectivity index (χ3n) is 5.54. The number of rotatable bonds is 7. The van der Waals surface area contributed by atoms with Gasteiger partial charge in [-0.05, 0) is 62.4 Å². The molecule has 7 heteroatoms. The first-order valence-corrected chi connectivity index (χ1v) is 11.0. The van der Waals surface area contributed by atoms with E-state index in [9.17, 15) is 14.4 Å². The van der Waals surface area contributed by atoms with Gasteiger partial charge in [-0.1, -0.05) is 29.8 Å². The van der Waals surface area contributed by atoms with E-state index in [-0.39, 0.29) is 18.4 Å². The zero-order valence-electron chi connectivity index (χ0n) is 18.6. The lowest BCUT2D eigenvalue weighted by atomic mass is 9.96. The van der Waals surface area contributed by atoms with E-state index in [2.05, 4.69) is 5.32 Å². The molecule has 0 spiro atoms. The molecule has 1 aliphatic rings. The Morgan fingerprint density at radius 1 is 1.00 bits per heavy atom. The van der Waals surface area contributed by atoms with Gasteiger partial charge in [0.05, 0.1) is 13.0 Å². The Morgan fingerprint density at radius 3 is 2.28 bits per heavy atom. The summed E-state index contributed by atoms with van der Waals surface area (Å²) >= 11 is 0. The number of likely N-dealkylation sites (tertiary alicyclic amines) is 1. The summed E-state index contributed by atoms with van der Waals surface area (Å²) < 4.78 is 9.75. The molecule has 1 aliphatic heterocycles. The van der Waals surface area contributed by atoms with Crippen molar-refractivity contribution >= 4 is 18.0 Å².